The molecule has 0 unspecified atom stereocenters. The summed E-state index contributed by atoms with van der Waals surface area (Å²) < 4.78 is 43.3. The molecule has 5 heteroatoms. The van der Waals surface area contributed by atoms with Crippen molar-refractivity contribution in [1.82, 2.24) is 4.98 Å². The molecule has 0 saturated carbocycles. The summed E-state index contributed by atoms with van der Waals surface area (Å²) in [5, 5.41) is 1.21. The lowest BCUT2D eigenvalue weighted by molar-refractivity contribution is -0.137. The third kappa shape index (κ3) is 2.05. The minimum Gasteiger partial charge on any atom is -0.494 e. The van der Waals surface area contributed by atoms with Gasteiger partial charge in [-0.15, -0.1) is 0 Å². The molecule has 0 amide bonds. The van der Waals surface area contributed by atoms with Crippen LogP contribution in [0.4, 0.5) is 13.2 Å². The van der Waals surface area contributed by atoms with Crippen LogP contribution in [-0.2, 0) is 6.18 Å². The fourth-order valence-corrected chi connectivity index (χ4v) is 2.18. The van der Waals surface area contributed by atoms with Crippen LogP contribution in [0.25, 0.3) is 21.8 Å². The molecule has 0 fully saturated rings. The van der Waals surface area contributed by atoms with E-state index in [0.29, 0.717) is 22.2 Å². The zero-order valence-corrected chi connectivity index (χ0v) is 10.5. The first-order valence-electron chi connectivity index (χ1n) is 5.94. The zero-order chi connectivity index (χ0) is 14.3. The number of ether oxygens (including phenoxy) is 1. The fraction of sp³-hybridized carbons (Fsp3) is 0.133. The van der Waals surface area contributed by atoms with Gasteiger partial charge in [0.15, 0.2) is 0 Å². The Bertz CT molecular complexity index is 796. The number of pyridine rings is 1. The minimum absolute atomic E-state index is 0.459. The first kappa shape index (κ1) is 12.7. The van der Waals surface area contributed by atoms with E-state index in [2.05, 4.69) is 4.98 Å². The molecule has 0 atom stereocenters. The molecular weight excluding hydrogens is 267 g/mol. The van der Waals surface area contributed by atoms with Crippen molar-refractivity contribution in [2.75, 3.05) is 7.11 Å². The van der Waals surface area contributed by atoms with Crippen molar-refractivity contribution in [2.24, 2.45) is 0 Å². The summed E-state index contributed by atoms with van der Waals surface area (Å²) in [6.45, 7) is 0. The smallest absolute Gasteiger partial charge is 0.416 e. The van der Waals surface area contributed by atoms with Gasteiger partial charge in [0, 0.05) is 10.8 Å². The van der Waals surface area contributed by atoms with E-state index in [1.54, 1.807) is 24.3 Å². The third-order valence-corrected chi connectivity index (χ3v) is 3.15. The van der Waals surface area contributed by atoms with Crippen LogP contribution < -0.4 is 4.74 Å². The summed E-state index contributed by atoms with van der Waals surface area (Å²) in [7, 11) is 1.54. The van der Waals surface area contributed by atoms with Crippen molar-refractivity contribution < 1.29 is 17.9 Å². The molecule has 0 aliphatic rings. The van der Waals surface area contributed by atoms with Crippen LogP contribution in [0.1, 0.15) is 5.56 Å². The standard InChI is InChI=1S/C15H10F3NO/c1-20-13-4-2-3-9-7-10-8-11(15(16,17)18)5-6-12(10)19-14(9)13/h2-8H,1H3. The topological polar surface area (TPSA) is 22.1 Å². The molecule has 1 heterocycles. The molecule has 2 aromatic carbocycles. The van der Waals surface area contributed by atoms with Crippen LogP contribution in [0.15, 0.2) is 42.5 Å². The van der Waals surface area contributed by atoms with Gasteiger partial charge in [0.25, 0.3) is 0 Å². The Kier molecular flexibility index (Phi) is 2.78. The highest BCUT2D eigenvalue weighted by atomic mass is 19.4. The van der Waals surface area contributed by atoms with Crippen molar-refractivity contribution >= 4 is 21.8 Å². The maximum atomic E-state index is 12.7. The van der Waals surface area contributed by atoms with Gasteiger partial charge < -0.3 is 4.74 Å². The monoisotopic (exact) mass is 277 g/mol. The van der Waals surface area contributed by atoms with Crippen LogP contribution >= 0.6 is 0 Å². The number of hydrogen-bond donors (Lipinski definition) is 0. The Balaban J connectivity index is 2.30. The summed E-state index contributed by atoms with van der Waals surface area (Å²) in [6.07, 6.45) is -4.35. The fourth-order valence-electron chi connectivity index (χ4n) is 2.18. The number of aromatic nitrogens is 1. The highest BCUT2D eigenvalue weighted by Gasteiger charge is 2.30. The Morgan fingerprint density at radius 1 is 1.00 bits per heavy atom. The molecule has 3 aromatic rings. The summed E-state index contributed by atoms with van der Waals surface area (Å²) >= 11 is 0. The van der Waals surface area contributed by atoms with Gasteiger partial charge in [-0.3, -0.25) is 0 Å². The molecule has 0 saturated heterocycles. The molecule has 0 bridgehead atoms. The second-order valence-electron chi connectivity index (χ2n) is 4.43. The summed E-state index contributed by atoms with van der Waals surface area (Å²) in [4.78, 5) is 4.38. The SMILES string of the molecule is COc1cccc2cc3cc(C(F)(F)F)ccc3nc12. The lowest BCUT2D eigenvalue weighted by Gasteiger charge is -2.09. The number of benzene rings is 2. The van der Waals surface area contributed by atoms with Gasteiger partial charge in [-0.25, -0.2) is 4.98 Å². The van der Waals surface area contributed by atoms with Gasteiger partial charge in [0.05, 0.1) is 18.2 Å². The number of halogens is 3. The van der Waals surface area contributed by atoms with Crippen molar-refractivity contribution in [3.8, 4) is 5.75 Å². The number of rotatable bonds is 1. The zero-order valence-electron chi connectivity index (χ0n) is 10.5. The molecule has 2 nitrogen and oxygen atoms in total. The van der Waals surface area contributed by atoms with Gasteiger partial charge in [-0.1, -0.05) is 12.1 Å². The number of hydrogen-bond acceptors (Lipinski definition) is 2. The second kappa shape index (κ2) is 4.37. The lowest BCUT2D eigenvalue weighted by Crippen LogP contribution is -2.04. The number of methoxy groups -OCH3 is 1. The highest BCUT2D eigenvalue weighted by molar-refractivity contribution is 5.95. The van der Waals surface area contributed by atoms with E-state index in [9.17, 15) is 13.2 Å². The quantitative estimate of drug-likeness (QED) is 0.614. The third-order valence-electron chi connectivity index (χ3n) is 3.15. The van der Waals surface area contributed by atoms with Crippen molar-refractivity contribution in [1.29, 1.82) is 0 Å². The predicted octanol–water partition coefficient (Wildman–Crippen LogP) is 4.42. The van der Waals surface area contributed by atoms with E-state index in [4.69, 9.17) is 4.74 Å². The molecule has 0 radical (unpaired) electrons. The van der Waals surface area contributed by atoms with Gasteiger partial charge in [0.1, 0.15) is 11.3 Å². The molecule has 20 heavy (non-hydrogen) atoms. The van der Waals surface area contributed by atoms with Crippen LogP contribution in [-0.4, -0.2) is 12.1 Å². The average molecular weight is 277 g/mol. The molecule has 102 valence electrons. The van der Waals surface area contributed by atoms with E-state index in [1.165, 1.54) is 13.2 Å². The Morgan fingerprint density at radius 3 is 2.50 bits per heavy atom. The van der Waals surface area contributed by atoms with E-state index in [-0.39, 0.29) is 0 Å². The first-order chi connectivity index (χ1) is 9.49. The van der Waals surface area contributed by atoms with Gasteiger partial charge in [0.2, 0.25) is 0 Å². The number of fused-ring (bicyclic) bond motifs is 2. The molecule has 0 N–H and O–H groups in total. The van der Waals surface area contributed by atoms with Gasteiger partial charge in [-0.2, -0.15) is 13.2 Å². The lowest BCUT2D eigenvalue weighted by atomic mass is 10.1. The van der Waals surface area contributed by atoms with E-state index < -0.39 is 11.7 Å². The average Bonchev–Trinajstić information content (AvgIpc) is 2.42. The Morgan fingerprint density at radius 2 is 1.80 bits per heavy atom. The molecular formula is C15H10F3NO. The predicted molar refractivity (Wildman–Crippen MR) is 70.8 cm³/mol. The van der Waals surface area contributed by atoms with Crippen molar-refractivity contribution in [2.45, 2.75) is 6.18 Å². The Hall–Kier alpha value is -2.30. The summed E-state index contributed by atoms with van der Waals surface area (Å²) in [5.74, 6) is 0.601. The molecule has 0 aliphatic heterocycles. The van der Waals surface area contributed by atoms with Gasteiger partial charge in [-0.05, 0) is 30.3 Å². The van der Waals surface area contributed by atoms with Gasteiger partial charge >= 0.3 is 6.18 Å². The first-order valence-corrected chi connectivity index (χ1v) is 5.94. The van der Waals surface area contributed by atoms with Crippen LogP contribution in [0.5, 0.6) is 5.75 Å². The van der Waals surface area contributed by atoms with E-state index in [0.717, 1.165) is 17.5 Å². The molecule has 3 rings (SSSR count). The normalized spacial score (nSPS) is 12.0. The maximum Gasteiger partial charge on any atom is 0.416 e. The number of alkyl halides is 3. The van der Waals surface area contributed by atoms with Crippen molar-refractivity contribution in [3.63, 3.8) is 0 Å². The van der Waals surface area contributed by atoms with Crippen LogP contribution in [0.3, 0.4) is 0 Å². The van der Waals surface area contributed by atoms with Crippen molar-refractivity contribution in [3.05, 3.63) is 48.0 Å². The van der Waals surface area contributed by atoms with Crippen LogP contribution in [0, 0.1) is 0 Å². The highest BCUT2D eigenvalue weighted by Crippen LogP contribution is 2.33. The molecule has 0 aliphatic carbocycles. The maximum absolute atomic E-state index is 12.7. The summed E-state index contributed by atoms with van der Waals surface area (Å²) in [5.41, 5.74) is 0.478. The summed E-state index contributed by atoms with van der Waals surface area (Å²) in [6, 6.07) is 10.6. The molecule has 0 spiro atoms. The second-order valence-corrected chi connectivity index (χ2v) is 4.43. The number of nitrogens with zero attached hydrogens (tertiary/aromatic N) is 1. The van der Waals surface area contributed by atoms with Crippen LogP contribution in [0.2, 0.25) is 0 Å². The molecule has 1 aromatic heterocycles. The van der Waals surface area contributed by atoms with E-state index in [1.807, 2.05) is 0 Å². The minimum atomic E-state index is -4.35. The largest absolute Gasteiger partial charge is 0.494 e. The number of para-hydroxylation sites is 1. The van der Waals surface area contributed by atoms with E-state index >= 15 is 0 Å². The Labute approximate surface area is 112 Å².